The zero-order valence-electron chi connectivity index (χ0n) is 30.4. The van der Waals surface area contributed by atoms with Crippen molar-refractivity contribution < 1.29 is 9.59 Å². The van der Waals surface area contributed by atoms with Crippen LogP contribution in [0.15, 0.2) is 97.3 Å². The first kappa shape index (κ1) is 34.3. The molecule has 2 saturated heterocycles. The molecule has 2 aliphatic heterocycles. The van der Waals surface area contributed by atoms with Crippen LogP contribution in [0, 0.1) is 6.92 Å². The largest absolute Gasteiger partial charge is 0.340 e. The number of likely N-dealkylation sites (tertiary alicyclic amines) is 2. The van der Waals surface area contributed by atoms with Crippen molar-refractivity contribution in [2.45, 2.75) is 57.2 Å². The summed E-state index contributed by atoms with van der Waals surface area (Å²) >= 11 is 0. The van der Waals surface area contributed by atoms with Crippen molar-refractivity contribution in [3.05, 3.63) is 126 Å². The third-order valence-corrected chi connectivity index (χ3v) is 10.6. The molecule has 11 nitrogen and oxygen atoms in total. The quantitative estimate of drug-likeness (QED) is 0.140. The Labute approximate surface area is 309 Å². The van der Waals surface area contributed by atoms with Gasteiger partial charge in [-0.3, -0.25) is 19.6 Å². The molecule has 3 aromatic carbocycles. The van der Waals surface area contributed by atoms with E-state index in [1.165, 1.54) is 0 Å². The van der Waals surface area contributed by atoms with Gasteiger partial charge in [0.2, 0.25) is 11.8 Å². The Kier molecular flexibility index (Phi) is 9.49. The number of likely N-dealkylation sites (N-methyl/N-ethyl adjacent to an activating group) is 1. The van der Waals surface area contributed by atoms with Crippen molar-refractivity contribution in [3.8, 4) is 33.6 Å². The number of carbonyl (C=O) groups is 2. The number of hydrogen-bond donors (Lipinski definition) is 3. The average molecular weight is 708 g/mol. The van der Waals surface area contributed by atoms with Crippen LogP contribution in [-0.4, -0.2) is 83.8 Å². The number of carbonyl (C=O) groups excluding carboxylic acids is 2. The lowest BCUT2D eigenvalue weighted by atomic mass is 10.0. The zero-order chi connectivity index (χ0) is 36.5. The van der Waals surface area contributed by atoms with E-state index in [0.717, 1.165) is 101 Å². The van der Waals surface area contributed by atoms with Crippen LogP contribution in [0.2, 0.25) is 0 Å². The standard InChI is InChI=1S/C42H45N9O2/c1-27-23-33(48-47-27)24-38(52)50-21-7-11-36(50)40-43-25-34(45-40)30-17-13-28(14-18-30)29-15-19-31(20-16-29)35-26-44-41(46-35)37-12-8-22-51(37)42(53)39(49(2)3)32-9-5-4-6-10-32/h4-6,9-10,13-20,23,25-26,36-37,39H,7-8,11-12,21-22,24H2,1-3H3,(H,43,45)(H,44,46)(H,47,48)/t36-,37-,39?/m0/s1. The van der Waals surface area contributed by atoms with Crippen LogP contribution in [0.3, 0.4) is 0 Å². The lowest BCUT2D eigenvalue weighted by Gasteiger charge is -2.31. The molecule has 11 heteroatoms. The number of aryl methyl sites for hydroxylation is 1. The van der Waals surface area contributed by atoms with Crippen molar-refractivity contribution >= 4 is 11.8 Å². The van der Waals surface area contributed by atoms with Crippen molar-refractivity contribution in [1.29, 1.82) is 0 Å². The van der Waals surface area contributed by atoms with Crippen molar-refractivity contribution in [2.75, 3.05) is 27.2 Å². The second-order valence-corrected chi connectivity index (χ2v) is 14.4. The van der Waals surface area contributed by atoms with E-state index in [4.69, 9.17) is 9.97 Å². The Balaban J connectivity index is 0.921. The second kappa shape index (κ2) is 14.7. The first-order chi connectivity index (χ1) is 25.8. The summed E-state index contributed by atoms with van der Waals surface area (Å²) in [4.78, 5) is 49.4. The SMILES string of the molecule is Cc1cc(CC(=O)N2CCC[C@H]2c2ncc(-c3ccc(-c4ccc(-c5cnc([C@@H]6CCCN6C(=O)C(c6ccccc6)N(C)C)[nH]5)cc4)cc3)[nH]2)n[nH]1. The van der Waals surface area contributed by atoms with E-state index in [-0.39, 0.29) is 36.4 Å². The van der Waals surface area contributed by atoms with E-state index >= 15 is 0 Å². The van der Waals surface area contributed by atoms with Crippen LogP contribution in [0.25, 0.3) is 33.6 Å². The first-order valence-corrected chi connectivity index (χ1v) is 18.5. The molecule has 0 bridgehead atoms. The molecule has 5 heterocycles. The summed E-state index contributed by atoms with van der Waals surface area (Å²) in [5.74, 6) is 1.83. The minimum Gasteiger partial charge on any atom is -0.340 e. The van der Waals surface area contributed by atoms with Gasteiger partial charge in [-0.2, -0.15) is 5.10 Å². The van der Waals surface area contributed by atoms with E-state index < -0.39 is 0 Å². The summed E-state index contributed by atoms with van der Waals surface area (Å²) in [6.45, 7) is 3.39. The molecule has 3 atom stereocenters. The highest BCUT2D eigenvalue weighted by molar-refractivity contribution is 5.84. The maximum Gasteiger partial charge on any atom is 0.245 e. The van der Waals surface area contributed by atoms with Gasteiger partial charge in [0.05, 0.1) is 48.0 Å². The second-order valence-electron chi connectivity index (χ2n) is 14.4. The molecule has 0 saturated carbocycles. The molecule has 0 aliphatic carbocycles. The van der Waals surface area contributed by atoms with Crippen molar-refractivity contribution in [2.24, 2.45) is 0 Å². The number of amides is 2. The molecular weight excluding hydrogens is 663 g/mol. The van der Waals surface area contributed by atoms with Gasteiger partial charge in [0.25, 0.3) is 0 Å². The third kappa shape index (κ3) is 7.04. The third-order valence-electron chi connectivity index (χ3n) is 10.6. The molecule has 3 aromatic heterocycles. The Hall–Kier alpha value is -5.81. The monoisotopic (exact) mass is 707 g/mol. The summed E-state index contributed by atoms with van der Waals surface area (Å²) in [5.41, 5.74) is 8.88. The van der Waals surface area contributed by atoms with Crippen LogP contribution in [0.5, 0.6) is 0 Å². The molecule has 53 heavy (non-hydrogen) atoms. The van der Waals surface area contributed by atoms with Crippen LogP contribution in [0.4, 0.5) is 0 Å². The molecular formula is C42H45N9O2. The van der Waals surface area contributed by atoms with Crippen LogP contribution in [0.1, 0.15) is 72.4 Å². The van der Waals surface area contributed by atoms with E-state index in [0.29, 0.717) is 0 Å². The molecule has 0 radical (unpaired) electrons. The summed E-state index contributed by atoms with van der Waals surface area (Å²) in [7, 11) is 3.92. The molecule has 270 valence electrons. The zero-order valence-corrected chi connectivity index (χ0v) is 30.4. The summed E-state index contributed by atoms with van der Waals surface area (Å²) in [6.07, 6.45) is 7.69. The molecule has 8 rings (SSSR count). The number of aromatic nitrogens is 6. The minimum absolute atomic E-state index is 0.0605. The van der Waals surface area contributed by atoms with Crippen LogP contribution in [-0.2, 0) is 16.0 Å². The molecule has 3 N–H and O–H groups in total. The molecule has 6 aromatic rings. The van der Waals surface area contributed by atoms with E-state index in [2.05, 4.69) is 68.7 Å². The number of nitrogens with one attached hydrogen (secondary N) is 3. The van der Waals surface area contributed by atoms with E-state index in [1.807, 2.05) is 84.5 Å². The average Bonchev–Trinajstić information content (AvgIpc) is 4.02. The predicted octanol–water partition coefficient (Wildman–Crippen LogP) is 7.04. The lowest BCUT2D eigenvalue weighted by Crippen LogP contribution is -2.40. The highest BCUT2D eigenvalue weighted by Crippen LogP contribution is 2.36. The number of aromatic amines is 3. The van der Waals surface area contributed by atoms with Gasteiger partial charge < -0.3 is 19.8 Å². The fraction of sp³-hybridized carbons (Fsp3) is 0.310. The van der Waals surface area contributed by atoms with Gasteiger partial charge in [-0.1, -0.05) is 78.9 Å². The summed E-state index contributed by atoms with van der Waals surface area (Å²) < 4.78 is 0. The van der Waals surface area contributed by atoms with Gasteiger partial charge in [-0.05, 0) is 80.6 Å². The smallest absolute Gasteiger partial charge is 0.245 e. The molecule has 0 spiro atoms. The van der Waals surface area contributed by atoms with Crippen molar-refractivity contribution in [3.63, 3.8) is 0 Å². The summed E-state index contributed by atoms with van der Waals surface area (Å²) in [5, 5.41) is 7.16. The Bertz CT molecular complexity index is 2180. The molecule has 2 amide bonds. The molecule has 2 aliphatic rings. The first-order valence-electron chi connectivity index (χ1n) is 18.5. The fourth-order valence-corrected chi connectivity index (χ4v) is 7.93. The van der Waals surface area contributed by atoms with Gasteiger partial charge in [0.15, 0.2) is 0 Å². The number of imidazole rings is 2. The van der Waals surface area contributed by atoms with Gasteiger partial charge >= 0.3 is 0 Å². The van der Waals surface area contributed by atoms with Gasteiger partial charge in [-0.25, -0.2) is 9.97 Å². The van der Waals surface area contributed by atoms with Crippen LogP contribution >= 0.6 is 0 Å². The maximum absolute atomic E-state index is 13.9. The Morgan fingerprint density at radius 3 is 1.81 bits per heavy atom. The van der Waals surface area contributed by atoms with E-state index in [1.54, 1.807) is 0 Å². The van der Waals surface area contributed by atoms with Gasteiger partial charge in [-0.15, -0.1) is 0 Å². The Morgan fingerprint density at radius 1 is 0.755 bits per heavy atom. The number of hydrogen-bond acceptors (Lipinski definition) is 6. The number of nitrogens with zero attached hydrogens (tertiary/aromatic N) is 6. The lowest BCUT2D eigenvalue weighted by molar-refractivity contribution is -0.137. The normalized spacial score (nSPS) is 17.9. The highest BCUT2D eigenvalue weighted by Gasteiger charge is 2.37. The highest BCUT2D eigenvalue weighted by atomic mass is 16.2. The van der Waals surface area contributed by atoms with Crippen molar-refractivity contribution in [1.82, 2.24) is 44.8 Å². The van der Waals surface area contributed by atoms with Gasteiger partial charge in [0, 0.05) is 18.8 Å². The van der Waals surface area contributed by atoms with Gasteiger partial charge in [0.1, 0.15) is 17.7 Å². The topological polar surface area (TPSA) is 130 Å². The molecule has 1 unspecified atom stereocenters. The minimum atomic E-state index is -0.340. The maximum atomic E-state index is 13.9. The van der Waals surface area contributed by atoms with Crippen LogP contribution < -0.4 is 0 Å². The molecule has 2 fully saturated rings. The number of benzene rings is 3. The number of rotatable bonds is 10. The van der Waals surface area contributed by atoms with E-state index in [9.17, 15) is 9.59 Å². The number of H-pyrrole nitrogens is 3. The fourth-order valence-electron chi connectivity index (χ4n) is 7.93. The Morgan fingerprint density at radius 2 is 1.28 bits per heavy atom. The summed E-state index contributed by atoms with van der Waals surface area (Å²) in [6, 6.07) is 28.4. The predicted molar refractivity (Wildman–Crippen MR) is 204 cm³/mol.